The third-order valence-electron chi connectivity index (χ3n) is 3.85. The Labute approximate surface area is 128 Å². The highest BCUT2D eigenvalue weighted by molar-refractivity contribution is 6.30. The lowest BCUT2D eigenvalue weighted by molar-refractivity contribution is -0.145. The van der Waals surface area contributed by atoms with E-state index < -0.39 is 11.7 Å². The molecule has 5 heteroatoms. The topological polar surface area (TPSA) is 43.4 Å². The number of carbonyl (C=O) groups excluding carboxylic acids is 2. The van der Waals surface area contributed by atoms with Crippen molar-refractivity contribution < 1.29 is 18.7 Å². The van der Waals surface area contributed by atoms with Gasteiger partial charge in [0.1, 0.15) is 11.6 Å². The first-order valence-electron chi connectivity index (χ1n) is 7.16. The maximum atomic E-state index is 14.1. The lowest BCUT2D eigenvalue weighted by Crippen LogP contribution is -2.29. The van der Waals surface area contributed by atoms with Crippen molar-refractivity contribution >= 4 is 23.4 Å². The number of carbonyl (C=O) groups is 2. The van der Waals surface area contributed by atoms with Gasteiger partial charge in [-0.05, 0) is 43.4 Å². The molecule has 0 unspecified atom stereocenters. The van der Waals surface area contributed by atoms with Crippen LogP contribution in [0.25, 0.3) is 0 Å². The zero-order valence-electron chi connectivity index (χ0n) is 11.9. The molecule has 0 bridgehead atoms. The molecule has 21 heavy (non-hydrogen) atoms. The van der Waals surface area contributed by atoms with Crippen molar-refractivity contribution in [2.24, 2.45) is 5.92 Å². The first-order chi connectivity index (χ1) is 10.0. The molecule has 1 aromatic rings. The van der Waals surface area contributed by atoms with Crippen molar-refractivity contribution in [1.82, 2.24) is 0 Å². The van der Waals surface area contributed by atoms with Gasteiger partial charge >= 0.3 is 5.97 Å². The Bertz CT molecular complexity index is 544. The van der Waals surface area contributed by atoms with E-state index in [1.807, 2.05) is 0 Å². The minimum absolute atomic E-state index is 0.0169. The SMILES string of the molecule is CCOC(=O)C[C@@H]1CCCC(=O)[C@H]1c1ccc(Cl)cc1F. The van der Waals surface area contributed by atoms with Crippen LogP contribution >= 0.6 is 11.6 Å². The minimum Gasteiger partial charge on any atom is -0.466 e. The van der Waals surface area contributed by atoms with E-state index in [9.17, 15) is 14.0 Å². The number of Topliss-reactive ketones (excluding diaryl/α,β-unsaturated/α-hetero) is 1. The third kappa shape index (κ3) is 3.82. The van der Waals surface area contributed by atoms with Crippen LogP contribution in [0.3, 0.4) is 0 Å². The summed E-state index contributed by atoms with van der Waals surface area (Å²) in [5, 5.41) is 0.293. The fourth-order valence-corrected chi connectivity index (χ4v) is 3.12. The van der Waals surface area contributed by atoms with Crippen LogP contribution in [0.5, 0.6) is 0 Å². The second kappa shape index (κ2) is 7.03. The van der Waals surface area contributed by atoms with Crippen molar-refractivity contribution in [1.29, 1.82) is 0 Å². The average Bonchev–Trinajstić information content (AvgIpc) is 2.41. The van der Waals surface area contributed by atoms with E-state index in [1.165, 1.54) is 6.07 Å². The summed E-state index contributed by atoms with van der Waals surface area (Å²) >= 11 is 5.76. The third-order valence-corrected chi connectivity index (χ3v) is 4.08. The summed E-state index contributed by atoms with van der Waals surface area (Å²) in [5.41, 5.74) is 0.332. The minimum atomic E-state index is -0.583. The summed E-state index contributed by atoms with van der Waals surface area (Å²) in [6.07, 6.45) is 2.02. The van der Waals surface area contributed by atoms with Crippen molar-refractivity contribution in [2.75, 3.05) is 6.61 Å². The molecule has 1 aromatic carbocycles. The molecule has 0 heterocycles. The van der Waals surface area contributed by atoms with Crippen LogP contribution in [-0.2, 0) is 14.3 Å². The molecule has 3 nitrogen and oxygen atoms in total. The van der Waals surface area contributed by atoms with Gasteiger partial charge in [-0.25, -0.2) is 4.39 Å². The summed E-state index contributed by atoms with van der Waals surface area (Å²) < 4.78 is 19.1. The van der Waals surface area contributed by atoms with Gasteiger partial charge in [-0.2, -0.15) is 0 Å². The van der Waals surface area contributed by atoms with Crippen molar-refractivity contribution in [2.45, 2.75) is 38.5 Å². The number of halogens is 2. The van der Waals surface area contributed by atoms with Crippen LogP contribution in [0, 0.1) is 11.7 Å². The van der Waals surface area contributed by atoms with E-state index in [1.54, 1.807) is 19.1 Å². The Balaban J connectivity index is 2.26. The second-order valence-electron chi connectivity index (χ2n) is 5.27. The predicted molar refractivity (Wildman–Crippen MR) is 77.7 cm³/mol. The molecule has 0 saturated heterocycles. The summed E-state index contributed by atoms with van der Waals surface area (Å²) in [5.74, 6) is -1.63. The Hall–Kier alpha value is -1.42. The second-order valence-corrected chi connectivity index (χ2v) is 5.71. The van der Waals surface area contributed by atoms with Gasteiger partial charge in [0.05, 0.1) is 6.61 Å². The largest absolute Gasteiger partial charge is 0.466 e. The molecule has 1 aliphatic carbocycles. The van der Waals surface area contributed by atoms with Crippen LogP contribution in [0.15, 0.2) is 18.2 Å². The highest BCUT2D eigenvalue weighted by Gasteiger charge is 2.36. The first-order valence-corrected chi connectivity index (χ1v) is 7.54. The van der Waals surface area contributed by atoms with E-state index in [0.717, 1.165) is 12.8 Å². The fourth-order valence-electron chi connectivity index (χ4n) is 2.96. The van der Waals surface area contributed by atoms with Gasteiger partial charge in [-0.15, -0.1) is 0 Å². The Morgan fingerprint density at radius 1 is 1.48 bits per heavy atom. The molecular formula is C16H18ClFO3. The van der Waals surface area contributed by atoms with Crippen molar-refractivity contribution in [3.63, 3.8) is 0 Å². The van der Waals surface area contributed by atoms with Gasteiger partial charge in [0.2, 0.25) is 0 Å². The molecule has 0 radical (unpaired) electrons. The molecule has 1 aliphatic rings. The van der Waals surface area contributed by atoms with Gasteiger partial charge in [0, 0.05) is 23.8 Å². The lowest BCUT2D eigenvalue weighted by atomic mass is 9.73. The molecule has 114 valence electrons. The molecule has 0 N–H and O–H groups in total. The van der Waals surface area contributed by atoms with Crippen LogP contribution in [0.4, 0.5) is 4.39 Å². The van der Waals surface area contributed by atoms with Gasteiger partial charge in [0.15, 0.2) is 0 Å². The molecule has 1 fully saturated rings. The summed E-state index contributed by atoms with van der Waals surface area (Å²) in [6, 6.07) is 4.33. The molecule has 2 rings (SSSR count). The normalized spacial score (nSPS) is 22.1. The molecule has 0 amide bonds. The van der Waals surface area contributed by atoms with Crippen LogP contribution in [0.2, 0.25) is 5.02 Å². The van der Waals surface area contributed by atoms with E-state index in [4.69, 9.17) is 16.3 Å². The van der Waals surface area contributed by atoms with E-state index in [2.05, 4.69) is 0 Å². The maximum Gasteiger partial charge on any atom is 0.306 e. The first kappa shape index (κ1) is 16.0. The lowest BCUT2D eigenvalue weighted by Gasteiger charge is -2.30. The standard InChI is InChI=1S/C16H18ClFO3/c1-2-21-15(20)8-10-4-3-5-14(19)16(10)12-7-6-11(17)9-13(12)18/h6-7,9-10,16H,2-5,8H2,1H3/t10-,16+/m0/s1. The summed E-state index contributed by atoms with van der Waals surface area (Å²) in [6.45, 7) is 2.04. The summed E-state index contributed by atoms with van der Waals surface area (Å²) in [7, 11) is 0. The van der Waals surface area contributed by atoms with Crippen LogP contribution < -0.4 is 0 Å². The molecule has 0 aliphatic heterocycles. The monoisotopic (exact) mass is 312 g/mol. The molecule has 0 aromatic heterocycles. The zero-order chi connectivity index (χ0) is 15.4. The number of ether oxygens (including phenoxy) is 1. The maximum absolute atomic E-state index is 14.1. The number of benzene rings is 1. The molecule has 0 spiro atoms. The number of hydrogen-bond donors (Lipinski definition) is 0. The Morgan fingerprint density at radius 2 is 2.24 bits per heavy atom. The van der Waals surface area contributed by atoms with Crippen LogP contribution in [-0.4, -0.2) is 18.4 Å². The number of esters is 1. The number of ketones is 1. The molecule has 1 saturated carbocycles. The predicted octanol–water partition coefficient (Wildman–Crippen LogP) is 3.89. The number of rotatable bonds is 4. The summed E-state index contributed by atoms with van der Waals surface area (Å²) in [4.78, 5) is 23.9. The van der Waals surface area contributed by atoms with Crippen molar-refractivity contribution in [3.8, 4) is 0 Å². The van der Waals surface area contributed by atoms with E-state index in [-0.39, 0.29) is 24.1 Å². The Morgan fingerprint density at radius 3 is 2.90 bits per heavy atom. The van der Waals surface area contributed by atoms with Crippen molar-refractivity contribution in [3.05, 3.63) is 34.6 Å². The zero-order valence-corrected chi connectivity index (χ0v) is 12.7. The van der Waals surface area contributed by atoms with Crippen LogP contribution in [0.1, 0.15) is 44.1 Å². The Kier molecular flexibility index (Phi) is 5.34. The average molecular weight is 313 g/mol. The van der Waals surface area contributed by atoms with Gasteiger partial charge in [-0.3, -0.25) is 9.59 Å². The van der Waals surface area contributed by atoms with E-state index in [0.29, 0.717) is 23.6 Å². The fraction of sp³-hybridized carbons (Fsp3) is 0.500. The highest BCUT2D eigenvalue weighted by Crippen LogP contribution is 2.39. The molecule has 2 atom stereocenters. The quantitative estimate of drug-likeness (QED) is 0.792. The number of hydrogen-bond acceptors (Lipinski definition) is 3. The molecular weight excluding hydrogens is 295 g/mol. The van der Waals surface area contributed by atoms with Gasteiger partial charge in [-0.1, -0.05) is 17.7 Å². The van der Waals surface area contributed by atoms with E-state index >= 15 is 0 Å². The highest BCUT2D eigenvalue weighted by atomic mass is 35.5. The van der Waals surface area contributed by atoms with Gasteiger partial charge in [0.25, 0.3) is 0 Å². The van der Waals surface area contributed by atoms with Gasteiger partial charge < -0.3 is 4.74 Å². The smallest absolute Gasteiger partial charge is 0.306 e.